The summed E-state index contributed by atoms with van der Waals surface area (Å²) in [4.78, 5) is 14.6. The maximum atomic E-state index is 12.9. The van der Waals surface area contributed by atoms with Crippen LogP contribution in [0.15, 0.2) is 24.3 Å². The number of hydrogen-bond donors (Lipinski definition) is 0. The quantitative estimate of drug-likeness (QED) is 0.853. The molecule has 2 aliphatic carbocycles. The molecule has 112 valence electrons. The summed E-state index contributed by atoms with van der Waals surface area (Å²) in [5.41, 5.74) is 0. The third-order valence-electron chi connectivity index (χ3n) is 5.16. The maximum absolute atomic E-state index is 12.9. The van der Waals surface area contributed by atoms with Gasteiger partial charge in [0.15, 0.2) is 0 Å². The predicted octanol–water partition coefficient (Wildman–Crippen LogP) is 2.99. The Hall–Kier alpha value is -1.58. The lowest BCUT2D eigenvalue weighted by Crippen LogP contribution is -2.48. The molecule has 4 rings (SSSR count). The van der Waals surface area contributed by atoms with Crippen LogP contribution in [-0.2, 0) is 4.79 Å². The molecule has 0 aromatic heterocycles. The molecule has 1 aromatic carbocycles. The van der Waals surface area contributed by atoms with Crippen molar-refractivity contribution in [3.05, 3.63) is 30.1 Å². The Kier molecular flexibility index (Phi) is 3.12. The summed E-state index contributed by atoms with van der Waals surface area (Å²) in [7, 11) is 0. The van der Waals surface area contributed by atoms with E-state index in [0.717, 1.165) is 25.7 Å². The Balaban J connectivity index is 1.44. The minimum absolute atomic E-state index is 0.210. The largest absolute Gasteiger partial charge is 0.491 e. The summed E-state index contributed by atoms with van der Waals surface area (Å²) < 4.78 is 18.7. The van der Waals surface area contributed by atoms with Gasteiger partial charge in [0.1, 0.15) is 18.2 Å². The van der Waals surface area contributed by atoms with E-state index >= 15 is 0 Å². The van der Waals surface area contributed by atoms with Crippen LogP contribution in [-0.4, -0.2) is 29.5 Å². The van der Waals surface area contributed by atoms with Crippen molar-refractivity contribution < 1.29 is 13.9 Å². The lowest BCUT2D eigenvalue weighted by atomic mass is 9.99. The summed E-state index contributed by atoms with van der Waals surface area (Å²) in [6.07, 6.45) is 5.60. The van der Waals surface area contributed by atoms with Crippen molar-refractivity contribution in [1.29, 1.82) is 0 Å². The number of carbonyl (C=O) groups excluding carboxylic acids is 1. The van der Waals surface area contributed by atoms with Gasteiger partial charge in [-0.1, -0.05) is 0 Å². The number of likely N-dealkylation sites (tertiary alicyclic amines) is 1. The number of benzene rings is 1. The van der Waals surface area contributed by atoms with Crippen molar-refractivity contribution in [3.63, 3.8) is 0 Å². The van der Waals surface area contributed by atoms with E-state index in [0.29, 0.717) is 30.2 Å². The number of piperidine rings is 1. The summed E-state index contributed by atoms with van der Waals surface area (Å²) in [5.74, 6) is 1.62. The number of hydrogen-bond acceptors (Lipinski definition) is 2. The lowest BCUT2D eigenvalue weighted by Gasteiger charge is -2.35. The van der Waals surface area contributed by atoms with Gasteiger partial charge in [-0.2, -0.15) is 0 Å². The first kappa shape index (κ1) is 13.1. The van der Waals surface area contributed by atoms with Gasteiger partial charge in [0.05, 0.1) is 6.04 Å². The zero-order valence-electron chi connectivity index (χ0n) is 12.0. The van der Waals surface area contributed by atoms with Crippen molar-refractivity contribution in [2.75, 3.05) is 6.61 Å². The van der Waals surface area contributed by atoms with Crippen LogP contribution >= 0.6 is 0 Å². The van der Waals surface area contributed by atoms with E-state index < -0.39 is 0 Å². The molecule has 0 N–H and O–H groups in total. The lowest BCUT2D eigenvalue weighted by molar-refractivity contribution is -0.137. The number of rotatable bonds is 4. The van der Waals surface area contributed by atoms with E-state index in [9.17, 15) is 9.18 Å². The molecule has 4 heteroatoms. The van der Waals surface area contributed by atoms with Gasteiger partial charge in [0, 0.05) is 12.0 Å². The van der Waals surface area contributed by atoms with E-state index in [1.807, 2.05) is 0 Å². The van der Waals surface area contributed by atoms with Gasteiger partial charge < -0.3 is 9.64 Å². The molecule has 1 aliphatic heterocycles. The highest BCUT2D eigenvalue weighted by molar-refractivity contribution is 5.82. The van der Waals surface area contributed by atoms with Crippen molar-refractivity contribution in [2.45, 2.75) is 44.2 Å². The van der Waals surface area contributed by atoms with Crippen LogP contribution in [0.4, 0.5) is 4.39 Å². The highest BCUT2D eigenvalue weighted by atomic mass is 19.1. The Labute approximate surface area is 124 Å². The number of nitrogens with zero attached hydrogens (tertiary/aromatic N) is 1. The SMILES string of the molecule is O=C(C1CC1)N1[C@@H]2CC[C@@H](C2)[C@H]1COc1ccc(F)cc1. The molecule has 3 atom stereocenters. The van der Waals surface area contributed by atoms with Crippen LogP contribution < -0.4 is 4.74 Å². The van der Waals surface area contributed by atoms with Crippen LogP contribution in [0, 0.1) is 17.7 Å². The maximum Gasteiger partial charge on any atom is 0.226 e. The zero-order valence-corrected chi connectivity index (χ0v) is 12.0. The number of fused-ring (bicyclic) bond motifs is 2. The normalized spacial score (nSPS) is 30.7. The molecule has 0 spiro atoms. The van der Waals surface area contributed by atoms with Gasteiger partial charge in [0.2, 0.25) is 5.91 Å². The third-order valence-corrected chi connectivity index (χ3v) is 5.16. The average Bonchev–Trinajstić information content (AvgIpc) is 3.16. The number of carbonyl (C=O) groups is 1. The molecule has 21 heavy (non-hydrogen) atoms. The second kappa shape index (κ2) is 5.00. The van der Waals surface area contributed by atoms with Crippen LogP contribution in [0.2, 0.25) is 0 Å². The first-order valence-electron chi connectivity index (χ1n) is 7.93. The first-order chi connectivity index (χ1) is 10.2. The van der Waals surface area contributed by atoms with Crippen LogP contribution in [0.1, 0.15) is 32.1 Å². The van der Waals surface area contributed by atoms with Crippen molar-refractivity contribution in [2.24, 2.45) is 11.8 Å². The monoisotopic (exact) mass is 289 g/mol. The Morgan fingerprint density at radius 3 is 2.67 bits per heavy atom. The van der Waals surface area contributed by atoms with Gasteiger partial charge in [-0.3, -0.25) is 4.79 Å². The summed E-state index contributed by atoms with van der Waals surface area (Å²) in [6.45, 7) is 0.533. The molecule has 1 amide bonds. The molecular formula is C17H20FNO2. The molecular weight excluding hydrogens is 269 g/mol. The summed E-state index contributed by atoms with van der Waals surface area (Å²) in [5, 5.41) is 0. The molecule has 1 heterocycles. The summed E-state index contributed by atoms with van der Waals surface area (Å²) in [6, 6.07) is 6.75. The third kappa shape index (κ3) is 2.41. The predicted molar refractivity (Wildman–Crippen MR) is 76.4 cm³/mol. The molecule has 2 saturated carbocycles. The minimum atomic E-state index is -0.257. The molecule has 0 radical (unpaired) electrons. The van der Waals surface area contributed by atoms with Gasteiger partial charge in [0.25, 0.3) is 0 Å². The van der Waals surface area contributed by atoms with E-state index in [4.69, 9.17) is 4.74 Å². The van der Waals surface area contributed by atoms with E-state index in [1.165, 1.54) is 18.6 Å². The van der Waals surface area contributed by atoms with Crippen LogP contribution in [0.5, 0.6) is 5.75 Å². The molecule has 1 aromatic rings. The van der Waals surface area contributed by atoms with E-state index in [1.54, 1.807) is 12.1 Å². The molecule has 0 unspecified atom stereocenters. The Morgan fingerprint density at radius 1 is 1.19 bits per heavy atom. The summed E-state index contributed by atoms with van der Waals surface area (Å²) >= 11 is 0. The fourth-order valence-electron chi connectivity index (χ4n) is 3.90. The second-order valence-corrected chi connectivity index (χ2v) is 6.58. The fourth-order valence-corrected chi connectivity index (χ4v) is 3.90. The van der Waals surface area contributed by atoms with Crippen molar-refractivity contribution in [1.82, 2.24) is 4.90 Å². The standard InChI is InChI=1S/C17H20FNO2/c18-13-4-7-15(8-5-13)21-10-16-12-3-6-14(9-12)19(16)17(20)11-1-2-11/h4-5,7-8,11-12,14,16H,1-3,6,9-10H2/t12-,14+,16+/m0/s1. The molecule has 2 bridgehead atoms. The van der Waals surface area contributed by atoms with Gasteiger partial charge in [-0.15, -0.1) is 0 Å². The minimum Gasteiger partial charge on any atom is -0.491 e. The van der Waals surface area contributed by atoms with Gasteiger partial charge in [-0.05, 0) is 62.3 Å². The number of ether oxygens (including phenoxy) is 1. The van der Waals surface area contributed by atoms with E-state index in [-0.39, 0.29) is 17.8 Å². The fraction of sp³-hybridized carbons (Fsp3) is 0.588. The van der Waals surface area contributed by atoms with Crippen molar-refractivity contribution >= 4 is 5.91 Å². The topological polar surface area (TPSA) is 29.5 Å². The van der Waals surface area contributed by atoms with Gasteiger partial charge in [-0.25, -0.2) is 4.39 Å². The Bertz CT molecular complexity index is 540. The first-order valence-corrected chi connectivity index (χ1v) is 7.93. The Morgan fingerprint density at radius 2 is 1.95 bits per heavy atom. The number of amides is 1. The zero-order chi connectivity index (χ0) is 14.4. The number of halogens is 1. The van der Waals surface area contributed by atoms with E-state index in [2.05, 4.69) is 4.90 Å². The molecule has 3 fully saturated rings. The highest BCUT2D eigenvalue weighted by Crippen LogP contribution is 2.45. The van der Waals surface area contributed by atoms with Crippen LogP contribution in [0.3, 0.4) is 0 Å². The smallest absolute Gasteiger partial charge is 0.226 e. The van der Waals surface area contributed by atoms with Crippen molar-refractivity contribution in [3.8, 4) is 5.75 Å². The second-order valence-electron chi connectivity index (χ2n) is 6.58. The van der Waals surface area contributed by atoms with Crippen LogP contribution in [0.25, 0.3) is 0 Å². The molecule has 1 saturated heterocycles. The average molecular weight is 289 g/mol. The van der Waals surface area contributed by atoms with Gasteiger partial charge >= 0.3 is 0 Å². The molecule has 3 nitrogen and oxygen atoms in total. The highest BCUT2D eigenvalue weighted by Gasteiger charge is 2.50. The molecule has 3 aliphatic rings.